The minimum atomic E-state index is -0.713. The third kappa shape index (κ3) is 5.42. The molecule has 0 radical (unpaired) electrons. The SMILES string of the molecule is CCCCNC(=O)NC(=O)COC(=O)c1cc(C)n(-c2ccc(F)cc2)c1C. The minimum absolute atomic E-state index is 0.294. The molecule has 0 aliphatic rings. The molecule has 2 aromatic rings. The molecule has 7 nitrogen and oxygen atoms in total. The predicted molar refractivity (Wildman–Crippen MR) is 102 cm³/mol. The van der Waals surface area contributed by atoms with Gasteiger partial charge in [0.15, 0.2) is 6.61 Å². The van der Waals surface area contributed by atoms with Crippen molar-refractivity contribution >= 4 is 17.9 Å². The van der Waals surface area contributed by atoms with Crippen molar-refractivity contribution in [2.75, 3.05) is 13.2 Å². The van der Waals surface area contributed by atoms with Gasteiger partial charge in [0.2, 0.25) is 0 Å². The Morgan fingerprint density at radius 3 is 2.46 bits per heavy atom. The van der Waals surface area contributed by atoms with Crippen molar-refractivity contribution in [3.8, 4) is 5.69 Å². The summed E-state index contributed by atoms with van der Waals surface area (Å²) < 4.78 is 19.9. The summed E-state index contributed by atoms with van der Waals surface area (Å²) in [5, 5.41) is 4.64. The molecular weight excluding hydrogens is 365 g/mol. The Kier molecular flexibility index (Phi) is 7.31. The predicted octanol–water partition coefficient (Wildman–Crippen LogP) is 3.02. The molecular formula is C20H24FN3O4. The van der Waals surface area contributed by atoms with E-state index in [-0.39, 0.29) is 5.82 Å². The molecule has 1 aromatic heterocycles. The van der Waals surface area contributed by atoms with E-state index in [0.717, 1.165) is 18.5 Å². The number of carbonyl (C=O) groups is 3. The quantitative estimate of drug-likeness (QED) is 0.563. The van der Waals surface area contributed by atoms with Crippen molar-refractivity contribution in [3.05, 3.63) is 53.1 Å². The molecule has 3 amide bonds. The first kappa shape index (κ1) is 21.1. The van der Waals surface area contributed by atoms with Gasteiger partial charge in [0.1, 0.15) is 5.82 Å². The van der Waals surface area contributed by atoms with E-state index in [1.165, 1.54) is 12.1 Å². The van der Waals surface area contributed by atoms with Gasteiger partial charge in [0, 0.05) is 23.6 Å². The summed E-state index contributed by atoms with van der Waals surface area (Å²) in [5.41, 5.74) is 2.36. The Balaban J connectivity index is 1.98. The van der Waals surface area contributed by atoms with E-state index < -0.39 is 24.5 Å². The molecule has 0 unspecified atom stereocenters. The second-order valence-electron chi connectivity index (χ2n) is 6.33. The third-order valence-corrected chi connectivity index (χ3v) is 4.14. The van der Waals surface area contributed by atoms with Crippen LogP contribution < -0.4 is 10.6 Å². The van der Waals surface area contributed by atoms with Crippen LogP contribution in [0.2, 0.25) is 0 Å². The monoisotopic (exact) mass is 389 g/mol. The lowest BCUT2D eigenvalue weighted by Crippen LogP contribution is -2.41. The standard InChI is InChI=1S/C20H24FN3O4/c1-4-5-10-22-20(27)23-18(25)12-28-19(26)17-11-13(2)24(14(17)3)16-8-6-15(21)7-9-16/h6-9,11H,4-5,10,12H2,1-3H3,(H2,22,23,25,27). The van der Waals surface area contributed by atoms with E-state index in [1.54, 1.807) is 36.6 Å². The van der Waals surface area contributed by atoms with Gasteiger partial charge in [-0.2, -0.15) is 0 Å². The number of carbonyl (C=O) groups excluding carboxylic acids is 3. The maximum Gasteiger partial charge on any atom is 0.340 e. The molecule has 8 heteroatoms. The number of benzene rings is 1. The summed E-state index contributed by atoms with van der Waals surface area (Å²) in [7, 11) is 0. The molecule has 2 N–H and O–H groups in total. The number of amides is 3. The van der Waals surface area contributed by atoms with Crippen LogP contribution in [-0.4, -0.2) is 35.6 Å². The Morgan fingerprint density at radius 1 is 1.14 bits per heavy atom. The summed E-state index contributed by atoms with van der Waals surface area (Å²) in [5.74, 6) is -1.74. The van der Waals surface area contributed by atoms with Crippen molar-refractivity contribution in [2.24, 2.45) is 0 Å². The van der Waals surface area contributed by atoms with E-state index in [2.05, 4.69) is 10.6 Å². The van der Waals surface area contributed by atoms with Gasteiger partial charge in [-0.25, -0.2) is 14.0 Å². The average molecular weight is 389 g/mol. The number of esters is 1. The Bertz CT molecular complexity index is 859. The van der Waals surface area contributed by atoms with E-state index in [0.29, 0.717) is 23.5 Å². The van der Waals surface area contributed by atoms with Crippen LogP contribution in [0.3, 0.4) is 0 Å². The molecule has 1 aromatic carbocycles. The van der Waals surface area contributed by atoms with E-state index in [9.17, 15) is 18.8 Å². The molecule has 28 heavy (non-hydrogen) atoms. The number of halogens is 1. The average Bonchev–Trinajstić information content (AvgIpc) is 2.95. The lowest BCUT2D eigenvalue weighted by Gasteiger charge is -2.10. The fourth-order valence-electron chi connectivity index (χ4n) is 2.75. The number of rotatable bonds is 7. The lowest BCUT2D eigenvalue weighted by atomic mass is 10.2. The first-order valence-electron chi connectivity index (χ1n) is 9.03. The highest BCUT2D eigenvalue weighted by Crippen LogP contribution is 2.21. The van der Waals surface area contributed by atoms with Crippen LogP contribution in [0.4, 0.5) is 9.18 Å². The van der Waals surface area contributed by atoms with Gasteiger partial charge in [0.25, 0.3) is 5.91 Å². The summed E-state index contributed by atoms with van der Waals surface area (Å²) in [6.45, 7) is 5.41. The van der Waals surface area contributed by atoms with Gasteiger partial charge in [-0.15, -0.1) is 0 Å². The topological polar surface area (TPSA) is 89.4 Å². The Morgan fingerprint density at radius 2 is 1.82 bits per heavy atom. The van der Waals surface area contributed by atoms with Gasteiger partial charge < -0.3 is 14.6 Å². The number of aromatic nitrogens is 1. The molecule has 1 heterocycles. The lowest BCUT2D eigenvalue weighted by molar-refractivity contribution is -0.123. The van der Waals surface area contributed by atoms with Gasteiger partial charge in [0.05, 0.1) is 5.56 Å². The summed E-state index contributed by atoms with van der Waals surface area (Å²) in [6.07, 6.45) is 1.72. The normalized spacial score (nSPS) is 10.4. The maximum absolute atomic E-state index is 13.1. The maximum atomic E-state index is 13.1. The van der Waals surface area contributed by atoms with Crippen LogP contribution in [0.15, 0.2) is 30.3 Å². The first-order valence-corrected chi connectivity index (χ1v) is 9.03. The number of urea groups is 1. The highest BCUT2D eigenvalue weighted by molar-refractivity contribution is 5.97. The summed E-state index contributed by atoms with van der Waals surface area (Å²) in [4.78, 5) is 35.6. The Hall–Kier alpha value is -3.16. The molecule has 0 aliphatic heterocycles. The van der Waals surface area contributed by atoms with Gasteiger partial charge in [-0.1, -0.05) is 13.3 Å². The first-order chi connectivity index (χ1) is 13.3. The number of unbranched alkanes of at least 4 members (excludes halogenated alkanes) is 1. The van der Waals surface area contributed by atoms with E-state index in [4.69, 9.17) is 4.74 Å². The molecule has 2 rings (SSSR count). The van der Waals surface area contributed by atoms with Gasteiger partial charge in [-0.3, -0.25) is 10.1 Å². The van der Waals surface area contributed by atoms with E-state index >= 15 is 0 Å². The van der Waals surface area contributed by atoms with Crippen molar-refractivity contribution in [3.63, 3.8) is 0 Å². The molecule has 0 aliphatic carbocycles. The number of aryl methyl sites for hydroxylation is 1. The molecule has 0 atom stereocenters. The van der Waals surface area contributed by atoms with Crippen LogP contribution in [0.1, 0.15) is 41.5 Å². The highest BCUT2D eigenvalue weighted by atomic mass is 19.1. The fraction of sp³-hybridized carbons (Fsp3) is 0.350. The Labute approximate surface area is 162 Å². The van der Waals surface area contributed by atoms with Crippen LogP contribution in [-0.2, 0) is 9.53 Å². The number of hydrogen-bond donors (Lipinski definition) is 2. The second-order valence-corrected chi connectivity index (χ2v) is 6.33. The van der Waals surface area contributed by atoms with Crippen LogP contribution in [0.25, 0.3) is 5.69 Å². The second kappa shape index (κ2) is 9.68. The molecule has 0 saturated heterocycles. The zero-order chi connectivity index (χ0) is 20.7. The van der Waals surface area contributed by atoms with Crippen molar-refractivity contribution < 1.29 is 23.5 Å². The number of hydrogen-bond acceptors (Lipinski definition) is 4. The van der Waals surface area contributed by atoms with Crippen molar-refractivity contribution in [1.29, 1.82) is 0 Å². The third-order valence-electron chi connectivity index (χ3n) is 4.14. The minimum Gasteiger partial charge on any atom is -0.452 e. The number of nitrogens with zero attached hydrogens (tertiary/aromatic N) is 1. The van der Waals surface area contributed by atoms with Crippen LogP contribution >= 0.6 is 0 Å². The highest BCUT2D eigenvalue weighted by Gasteiger charge is 2.19. The van der Waals surface area contributed by atoms with Gasteiger partial charge >= 0.3 is 12.0 Å². The number of nitrogens with one attached hydrogen (secondary N) is 2. The molecule has 150 valence electrons. The van der Waals surface area contributed by atoms with Crippen LogP contribution in [0, 0.1) is 19.7 Å². The van der Waals surface area contributed by atoms with E-state index in [1.807, 2.05) is 6.92 Å². The largest absolute Gasteiger partial charge is 0.452 e. The van der Waals surface area contributed by atoms with Crippen LogP contribution in [0.5, 0.6) is 0 Å². The number of ether oxygens (including phenoxy) is 1. The molecule has 0 bridgehead atoms. The molecule has 0 fully saturated rings. The summed E-state index contributed by atoms with van der Waals surface area (Å²) in [6, 6.07) is 6.90. The van der Waals surface area contributed by atoms with Gasteiger partial charge in [-0.05, 0) is 50.6 Å². The number of imide groups is 1. The molecule has 0 spiro atoms. The zero-order valence-corrected chi connectivity index (χ0v) is 16.2. The molecule has 0 saturated carbocycles. The smallest absolute Gasteiger partial charge is 0.340 e. The zero-order valence-electron chi connectivity index (χ0n) is 16.2. The van der Waals surface area contributed by atoms with Crippen molar-refractivity contribution in [1.82, 2.24) is 15.2 Å². The fourth-order valence-corrected chi connectivity index (χ4v) is 2.75. The summed E-state index contributed by atoms with van der Waals surface area (Å²) >= 11 is 0. The van der Waals surface area contributed by atoms with Crippen molar-refractivity contribution in [2.45, 2.75) is 33.6 Å².